The quantitative estimate of drug-likeness (QED) is 0.131. The number of benzene rings is 7. The van der Waals surface area contributed by atoms with Gasteiger partial charge in [-0.1, -0.05) is 72.8 Å². The van der Waals surface area contributed by atoms with Crippen LogP contribution in [0, 0.1) is 0 Å². The molecule has 0 fully saturated rings. The molecule has 0 radical (unpaired) electrons. The van der Waals surface area contributed by atoms with Crippen molar-refractivity contribution < 1.29 is 0 Å². The topological polar surface area (TPSA) is 87.2 Å². The van der Waals surface area contributed by atoms with Gasteiger partial charge in [0.15, 0.2) is 0 Å². The zero-order valence-electron chi connectivity index (χ0n) is 31.9. The number of fused-ring (bicyclic) bond motifs is 14. The first kappa shape index (κ1) is 32.7. The molecular weight excluding hydrogens is 737 g/mol. The summed E-state index contributed by atoms with van der Waals surface area (Å²) < 4.78 is 4.38. The number of pyridine rings is 4. The Balaban J connectivity index is 1.02. The van der Waals surface area contributed by atoms with Crippen LogP contribution in [-0.2, 0) is 0 Å². The summed E-state index contributed by atoms with van der Waals surface area (Å²) in [7, 11) is 0. The molecule has 0 bridgehead atoms. The van der Waals surface area contributed by atoms with E-state index >= 15 is 0 Å². The maximum atomic E-state index is 4.97. The third kappa shape index (κ3) is 4.61. The largest absolute Gasteiger partial charge is 0.298 e. The van der Waals surface area contributed by atoms with Gasteiger partial charge in [0.25, 0.3) is 0 Å². The van der Waals surface area contributed by atoms with Gasteiger partial charge in [0.05, 0.1) is 44.1 Å². The first-order valence-corrected chi connectivity index (χ1v) is 19.9. The van der Waals surface area contributed by atoms with Crippen LogP contribution in [0.3, 0.4) is 0 Å². The second-order valence-electron chi connectivity index (χ2n) is 15.2. The minimum absolute atomic E-state index is 0.860. The van der Waals surface area contributed by atoms with Crippen LogP contribution in [0.1, 0.15) is 0 Å². The van der Waals surface area contributed by atoms with Crippen molar-refractivity contribution >= 4 is 87.2 Å². The molecule has 0 aliphatic carbocycles. The number of rotatable bonds is 4. The molecule has 0 spiro atoms. The molecule has 6 aromatic heterocycles. The van der Waals surface area contributed by atoms with Crippen LogP contribution in [0.25, 0.3) is 121 Å². The number of hydrogen-bond donors (Lipinski definition) is 0. The maximum absolute atomic E-state index is 4.97. The van der Waals surface area contributed by atoms with Gasteiger partial charge in [-0.15, -0.1) is 0 Å². The SMILES string of the molecule is c1cc(-c2c3ccccc3c(-c3cccc(-n4cnc5c6cccnc6c6ncccc6c54)c3)c3ccccc23)cc(-n2cnc3c4cccnc4c4ncccc4c32)c1. The lowest BCUT2D eigenvalue weighted by Gasteiger charge is -2.19. The van der Waals surface area contributed by atoms with Crippen molar-refractivity contribution in [2.75, 3.05) is 0 Å². The summed E-state index contributed by atoms with van der Waals surface area (Å²) in [6.45, 7) is 0. The fourth-order valence-electron chi connectivity index (χ4n) is 9.51. The van der Waals surface area contributed by atoms with Crippen molar-refractivity contribution in [1.82, 2.24) is 39.0 Å². The second-order valence-corrected chi connectivity index (χ2v) is 15.2. The van der Waals surface area contributed by atoms with E-state index in [4.69, 9.17) is 29.9 Å². The molecule has 0 saturated heterocycles. The maximum Gasteiger partial charge on any atom is 0.100 e. The molecule has 0 aliphatic rings. The highest BCUT2D eigenvalue weighted by molar-refractivity contribution is 6.24. The van der Waals surface area contributed by atoms with Gasteiger partial charge in [-0.25, -0.2) is 9.97 Å². The highest BCUT2D eigenvalue weighted by Crippen LogP contribution is 2.45. The molecule has 8 heteroatoms. The average molecular weight is 767 g/mol. The van der Waals surface area contributed by atoms with E-state index in [9.17, 15) is 0 Å². The van der Waals surface area contributed by atoms with Crippen LogP contribution in [0.2, 0.25) is 0 Å². The molecule has 0 unspecified atom stereocenters. The van der Waals surface area contributed by atoms with Gasteiger partial charge in [-0.05, 0) is 117 Å². The number of imidazole rings is 2. The van der Waals surface area contributed by atoms with Crippen molar-refractivity contribution in [3.8, 4) is 33.6 Å². The molecule has 6 heterocycles. The molecule has 0 atom stereocenters. The predicted molar refractivity (Wildman–Crippen MR) is 243 cm³/mol. The number of aromatic nitrogens is 8. The fourth-order valence-corrected chi connectivity index (χ4v) is 9.51. The third-order valence-corrected chi connectivity index (χ3v) is 12.0. The standard InChI is InChI=1S/C52H30N8/c1-2-16-36-35(15-1)43(31-11-5-13-33(27-31)59-29-57-49-39-19-7-23-53-45(39)47-41(51(49)59)21-9-25-55-47)37-17-3-4-18-38(37)44(36)32-12-6-14-34(28-32)60-30-58-50-40-20-8-24-54-46(40)48-42(52(50)60)22-10-26-56-48/h1-30H. The fraction of sp³-hybridized carbons (Fsp3) is 0. The first-order chi connectivity index (χ1) is 29.8. The van der Waals surface area contributed by atoms with Crippen LogP contribution < -0.4 is 0 Å². The van der Waals surface area contributed by atoms with Crippen LogP contribution in [0.15, 0.2) is 183 Å². The average Bonchev–Trinajstić information content (AvgIpc) is 3.98. The van der Waals surface area contributed by atoms with E-state index in [-0.39, 0.29) is 0 Å². The van der Waals surface area contributed by atoms with E-state index < -0.39 is 0 Å². The van der Waals surface area contributed by atoms with Gasteiger partial charge >= 0.3 is 0 Å². The molecule has 8 nitrogen and oxygen atoms in total. The lowest BCUT2D eigenvalue weighted by atomic mass is 9.86. The molecule has 0 saturated carbocycles. The summed E-state index contributed by atoms with van der Waals surface area (Å²) >= 11 is 0. The van der Waals surface area contributed by atoms with Crippen molar-refractivity contribution in [3.05, 3.63) is 183 Å². The van der Waals surface area contributed by atoms with Gasteiger partial charge in [0.1, 0.15) is 12.7 Å². The molecule has 0 aliphatic heterocycles. The van der Waals surface area contributed by atoms with Crippen molar-refractivity contribution in [2.45, 2.75) is 0 Å². The smallest absolute Gasteiger partial charge is 0.100 e. The lowest BCUT2D eigenvalue weighted by molar-refractivity contribution is 1.10. The molecule has 60 heavy (non-hydrogen) atoms. The molecular formula is C52H30N8. The Hall–Kier alpha value is -8.36. The minimum Gasteiger partial charge on any atom is -0.298 e. The summed E-state index contributed by atoms with van der Waals surface area (Å²) in [4.78, 5) is 28.9. The van der Waals surface area contributed by atoms with Gasteiger partial charge in [0.2, 0.25) is 0 Å². The van der Waals surface area contributed by atoms with E-state index in [0.717, 1.165) is 88.2 Å². The highest BCUT2D eigenvalue weighted by Gasteiger charge is 2.21. The van der Waals surface area contributed by atoms with Gasteiger partial charge < -0.3 is 0 Å². The predicted octanol–water partition coefficient (Wildman–Crippen LogP) is 12.2. The lowest BCUT2D eigenvalue weighted by Crippen LogP contribution is -1.97. The van der Waals surface area contributed by atoms with Crippen LogP contribution >= 0.6 is 0 Å². The summed E-state index contributed by atoms with van der Waals surface area (Å²) in [5.41, 5.74) is 14.0. The number of hydrogen-bond acceptors (Lipinski definition) is 6. The van der Waals surface area contributed by atoms with Crippen molar-refractivity contribution in [2.24, 2.45) is 0 Å². The molecule has 278 valence electrons. The molecule has 0 N–H and O–H groups in total. The Morgan fingerprint density at radius 2 is 0.633 bits per heavy atom. The first-order valence-electron chi connectivity index (χ1n) is 19.9. The zero-order chi connectivity index (χ0) is 39.3. The van der Waals surface area contributed by atoms with Gasteiger partial charge in [0, 0.05) is 57.7 Å². The van der Waals surface area contributed by atoms with E-state index in [1.165, 1.54) is 32.7 Å². The summed E-state index contributed by atoms with van der Waals surface area (Å²) in [5.74, 6) is 0. The Morgan fingerprint density at radius 3 is 1.03 bits per heavy atom. The minimum atomic E-state index is 0.860. The van der Waals surface area contributed by atoms with E-state index in [2.05, 4.69) is 130 Å². The summed E-state index contributed by atoms with van der Waals surface area (Å²) in [6, 6.07) is 51.5. The van der Waals surface area contributed by atoms with Gasteiger partial charge in [-0.2, -0.15) is 0 Å². The van der Waals surface area contributed by atoms with Crippen LogP contribution in [-0.4, -0.2) is 39.0 Å². The molecule has 7 aromatic carbocycles. The van der Waals surface area contributed by atoms with Crippen molar-refractivity contribution in [3.63, 3.8) is 0 Å². The highest BCUT2D eigenvalue weighted by atomic mass is 15.1. The Bertz CT molecular complexity index is 3610. The Kier molecular flexibility index (Phi) is 6.85. The normalized spacial score (nSPS) is 12.0. The monoisotopic (exact) mass is 766 g/mol. The summed E-state index contributed by atoms with van der Waals surface area (Å²) in [5, 5.41) is 8.73. The molecule has 13 aromatic rings. The Morgan fingerprint density at radius 1 is 0.283 bits per heavy atom. The zero-order valence-corrected chi connectivity index (χ0v) is 31.9. The molecule has 0 amide bonds. The Labute approximate surface area is 341 Å². The van der Waals surface area contributed by atoms with Crippen LogP contribution in [0.5, 0.6) is 0 Å². The summed E-state index contributed by atoms with van der Waals surface area (Å²) in [6.07, 6.45) is 11.2. The van der Waals surface area contributed by atoms with Crippen LogP contribution in [0.4, 0.5) is 0 Å². The van der Waals surface area contributed by atoms with E-state index in [1.807, 2.05) is 61.7 Å². The third-order valence-electron chi connectivity index (χ3n) is 12.0. The molecule has 13 rings (SSSR count). The number of nitrogens with zero attached hydrogens (tertiary/aromatic N) is 8. The van der Waals surface area contributed by atoms with E-state index in [1.54, 1.807) is 0 Å². The van der Waals surface area contributed by atoms with Crippen molar-refractivity contribution in [1.29, 1.82) is 0 Å². The second kappa shape index (κ2) is 12.6. The van der Waals surface area contributed by atoms with E-state index in [0.29, 0.717) is 0 Å². The van der Waals surface area contributed by atoms with Gasteiger partial charge in [-0.3, -0.25) is 29.1 Å².